The molecule has 0 aromatic carbocycles. The zero-order valence-corrected chi connectivity index (χ0v) is 6.52. The number of nitrogens with zero attached hydrogens (tertiary/aromatic N) is 4. The van der Waals surface area contributed by atoms with Gasteiger partial charge in [-0.05, 0) is 0 Å². The van der Waals surface area contributed by atoms with Crippen LogP contribution in [0, 0.1) is 0 Å². The first kappa shape index (κ1) is 6.90. The van der Waals surface area contributed by atoms with Gasteiger partial charge in [-0.1, -0.05) is 0 Å². The molecule has 0 unspecified atom stereocenters. The molecule has 2 aromatic rings. The Balaban J connectivity index is 2.67. The fourth-order valence-corrected chi connectivity index (χ4v) is 0.899. The van der Waals surface area contributed by atoms with E-state index in [1.54, 1.807) is 19.4 Å². The molecule has 12 heavy (non-hydrogen) atoms. The summed E-state index contributed by atoms with van der Waals surface area (Å²) in [6, 6.07) is 0. The summed E-state index contributed by atoms with van der Waals surface area (Å²) >= 11 is 0. The van der Waals surface area contributed by atoms with Crippen LogP contribution in [-0.2, 0) is 0 Å². The molecule has 0 fully saturated rings. The summed E-state index contributed by atoms with van der Waals surface area (Å²) in [6.07, 6.45) is 4.84. The van der Waals surface area contributed by atoms with Crippen LogP contribution in [0.4, 0.5) is 5.95 Å². The van der Waals surface area contributed by atoms with Crippen LogP contribution in [0.2, 0.25) is 0 Å². The Labute approximate surface area is 68.9 Å². The van der Waals surface area contributed by atoms with Gasteiger partial charge in [-0.25, -0.2) is 15.0 Å². The highest BCUT2D eigenvalue weighted by Crippen LogP contribution is 2.06. The molecular formula is C7H7N5. The lowest BCUT2D eigenvalue weighted by atomic mass is 10.4. The first-order valence-corrected chi connectivity index (χ1v) is 3.50. The van der Waals surface area contributed by atoms with Crippen LogP contribution >= 0.6 is 0 Å². The Hall–Kier alpha value is -1.78. The molecule has 0 atom stereocenters. The second kappa shape index (κ2) is 2.69. The van der Waals surface area contributed by atoms with Crippen molar-refractivity contribution in [1.82, 2.24) is 19.9 Å². The second-order valence-electron chi connectivity index (χ2n) is 2.25. The molecule has 60 valence electrons. The van der Waals surface area contributed by atoms with Crippen molar-refractivity contribution in [3.8, 4) is 0 Å². The van der Waals surface area contributed by atoms with E-state index in [2.05, 4.69) is 25.3 Å². The van der Waals surface area contributed by atoms with Gasteiger partial charge in [-0.2, -0.15) is 4.98 Å². The summed E-state index contributed by atoms with van der Waals surface area (Å²) in [4.78, 5) is 16.0. The van der Waals surface area contributed by atoms with Crippen molar-refractivity contribution < 1.29 is 0 Å². The number of nitrogens with one attached hydrogen (secondary N) is 1. The molecule has 1 N–H and O–H groups in total. The number of hydrogen-bond donors (Lipinski definition) is 1. The number of anilines is 1. The molecule has 0 spiro atoms. The third-order valence-corrected chi connectivity index (χ3v) is 1.48. The maximum absolute atomic E-state index is 4.12. The van der Waals surface area contributed by atoms with Crippen LogP contribution in [0.1, 0.15) is 0 Å². The molecule has 5 heteroatoms. The van der Waals surface area contributed by atoms with Gasteiger partial charge in [0.15, 0.2) is 5.65 Å². The van der Waals surface area contributed by atoms with E-state index in [0.29, 0.717) is 11.6 Å². The predicted molar refractivity (Wildman–Crippen MR) is 44.7 cm³/mol. The Morgan fingerprint density at radius 1 is 1.25 bits per heavy atom. The zero-order valence-electron chi connectivity index (χ0n) is 6.52. The van der Waals surface area contributed by atoms with Crippen molar-refractivity contribution in [2.75, 3.05) is 12.4 Å². The molecule has 0 bridgehead atoms. The summed E-state index contributed by atoms with van der Waals surface area (Å²) in [6.45, 7) is 0. The Morgan fingerprint density at radius 2 is 2.17 bits per heavy atom. The van der Waals surface area contributed by atoms with Gasteiger partial charge in [0.2, 0.25) is 5.95 Å². The van der Waals surface area contributed by atoms with Gasteiger partial charge < -0.3 is 5.32 Å². The van der Waals surface area contributed by atoms with Gasteiger partial charge in [-0.3, -0.25) is 0 Å². The van der Waals surface area contributed by atoms with Gasteiger partial charge in [0.25, 0.3) is 0 Å². The van der Waals surface area contributed by atoms with Crippen molar-refractivity contribution in [3.63, 3.8) is 0 Å². The smallest absolute Gasteiger partial charge is 0.224 e. The van der Waals surface area contributed by atoms with Gasteiger partial charge in [0.05, 0.1) is 5.39 Å². The molecular weight excluding hydrogens is 154 g/mol. The van der Waals surface area contributed by atoms with E-state index in [1.165, 1.54) is 6.33 Å². The number of hydrogen-bond acceptors (Lipinski definition) is 5. The van der Waals surface area contributed by atoms with Gasteiger partial charge in [0, 0.05) is 19.4 Å². The number of rotatable bonds is 1. The lowest BCUT2D eigenvalue weighted by Gasteiger charge is -1.97. The molecule has 2 aromatic heterocycles. The van der Waals surface area contributed by atoms with Crippen LogP contribution in [0.15, 0.2) is 18.7 Å². The van der Waals surface area contributed by atoms with E-state index < -0.39 is 0 Å². The lowest BCUT2D eigenvalue weighted by Crippen LogP contribution is -1.96. The summed E-state index contributed by atoms with van der Waals surface area (Å²) in [7, 11) is 1.77. The van der Waals surface area contributed by atoms with Crippen LogP contribution < -0.4 is 5.32 Å². The fourth-order valence-electron chi connectivity index (χ4n) is 0.899. The normalized spacial score (nSPS) is 10.1. The maximum Gasteiger partial charge on any atom is 0.224 e. The van der Waals surface area contributed by atoms with Crippen LogP contribution in [-0.4, -0.2) is 27.0 Å². The molecule has 2 heterocycles. The standard InChI is InChI=1S/C7H7N5/c1-8-7-10-3-5-2-9-4-11-6(5)12-7/h2-4H,1H3,(H,8,9,10,11,12). The van der Waals surface area contributed by atoms with Crippen molar-refractivity contribution in [1.29, 1.82) is 0 Å². The van der Waals surface area contributed by atoms with Crippen molar-refractivity contribution >= 4 is 17.0 Å². The highest BCUT2D eigenvalue weighted by molar-refractivity contribution is 5.72. The molecule has 0 radical (unpaired) electrons. The van der Waals surface area contributed by atoms with Crippen molar-refractivity contribution in [3.05, 3.63) is 18.7 Å². The molecule has 0 saturated heterocycles. The second-order valence-corrected chi connectivity index (χ2v) is 2.25. The average Bonchev–Trinajstić information content (AvgIpc) is 2.17. The van der Waals surface area contributed by atoms with E-state index in [-0.39, 0.29) is 0 Å². The van der Waals surface area contributed by atoms with E-state index in [9.17, 15) is 0 Å². The van der Waals surface area contributed by atoms with E-state index in [0.717, 1.165) is 5.39 Å². The van der Waals surface area contributed by atoms with E-state index >= 15 is 0 Å². The molecule has 2 rings (SSSR count). The Bertz CT molecular complexity index is 400. The SMILES string of the molecule is CNc1ncc2cncnc2n1. The fraction of sp³-hybridized carbons (Fsp3) is 0.143. The summed E-state index contributed by atoms with van der Waals surface area (Å²) in [5, 5.41) is 3.68. The minimum absolute atomic E-state index is 0.571. The Morgan fingerprint density at radius 3 is 3.00 bits per heavy atom. The monoisotopic (exact) mass is 161 g/mol. The summed E-state index contributed by atoms with van der Waals surface area (Å²) in [5.74, 6) is 0.571. The predicted octanol–water partition coefficient (Wildman–Crippen LogP) is 0.461. The average molecular weight is 161 g/mol. The largest absolute Gasteiger partial charge is 0.357 e. The van der Waals surface area contributed by atoms with Gasteiger partial charge in [-0.15, -0.1) is 0 Å². The molecule has 0 amide bonds. The first-order chi connectivity index (χ1) is 5.90. The molecule has 5 nitrogen and oxygen atoms in total. The minimum Gasteiger partial charge on any atom is -0.357 e. The summed E-state index contributed by atoms with van der Waals surface area (Å²) < 4.78 is 0. The van der Waals surface area contributed by atoms with E-state index in [1.807, 2.05) is 0 Å². The van der Waals surface area contributed by atoms with E-state index in [4.69, 9.17) is 0 Å². The van der Waals surface area contributed by atoms with Gasteiger partial charge >= 0.3 is 0 Å². The number of aromatic nitrogens is 4. The van der Waals surface area contributed by atoms with Crippen LogP contribution in [0.25, 0.3) is 11.0 Å². The van der Waals surface area contributed by atoms with Crippen LogP contribution in [0.5, 0.6) is 0 Å². The molecule has 0 saturated carbocycles. The third kappa shape index (κ3) is 1.05. The molecule has 0 aliphatic heterocycles. The minimum atomic E-state index is 0.571. The van der Waals surface area contributed by atoms with Gasteiger partial charge in [0.1, 0.15) is 6.33 Å². The lowest BCUT2D eigenvalue weighted by molar-refractivity contribution is 1.13. The first-order valence-electron chi connectivity index (χ1n) is 3.50. The van der Waals surface area contributed by atoms with Crippen molar-refractivity contribution in [2.24, 2.45) is 0 Å². The number of fused-ring (bicyclic) bond motifs is 1. The highest BCUT2D eigenvalue weighted by atomic mass is 15.1. The maximum atomic E-state index is 4.12. The molecule has 0 aliphatic carbocycles. The van der Waals surface area contributed by atoms with Crippen molar-refractivity contribution in [2.45, 2.75) is 0 Å². The van der Waals surface area contributed by atoms with Crippen LogP contribution in [0.3, 0.4) is 0 Å². The Kier molecular flexibility index (Phi) is 1.55. The topological polar surface area (TPSA) is 63.6 Å². The highest BCUT2D eigenvalue weighted by Gasteiger charge is 1.96. The zero-order chi connectivity index (χ0) is 8.39. The quantitative estimate of drug-likeness (QED) is 0.658. The third-order valence-electron chi connectivity index (χ3n) is 1.48. The molecule has 0 aliphatic rings. The summed E-state index contributed by atoms with van der Waals surface area (Å²) in [5.41, 5.74) is 0.657.